The summed E-state index contributed by atoms with van der Waals surface area (Å²) in [5, 5.41) is 3.80. The zero-order valence-electron chi connectivity index (χ0n) is 22.0. The number of allylic oxidation sites excluding steroid dienone is 3. The fourth-order valence-corrected chi connectivity index (χ4v) is 5.27. The van der Waals surface area contributed by atoms with Gasteiger partial charge in [-0.25, -0.2) is 9.37 Å². The van der Waals surface area contributed by atoms with Crippen LogP contribution >= 0.6 is 0 Å². The topological polar surface area (TPSA) is 123 Å². The summed E-state index contributed by atoms with van der Waals surface area (Å²) in [6.07, 6.45) is 13.2. The van der Waals surface area contributed by atoms with Crippen LogP contribution in [0.3, 0.4) is 0 Å². The van der Waals surface area contributed by atoms with E-state index in [-0.39, 0.29) is 17.5 Å². The van der Waals surface area contributed by atoms with Crippen LogP contribution in [0.4, 0.5) is 15.8 Å². The summed E-state index contributed by atoms with van der Waals surface area (Å²) in [5.74, 6) is -0.806. The van der Waals surface area contributed by atoms with E-state index in [1.54, 1.807) is 24.5 Å². The molecule has 1 aliphatic carbocycles. The van der Waals surface area contributed by atoms with Gasteiger partial charge in [0.05, 0.1) is 28.8 Å². The molecule has 9 heteroatoms. The molecule has 0 radical (unpaired) electrons. The number of benzene rings is 1. The van der Waals surface area contributed by atoms with Crippen molar-refractivity contribution in [3.63, 3.8) is 0 Å². The molecule has 1 fully saturated rings. The van der Waals surface area contributed by atoms with Gasteiger partial charge in [0.2, 0.25) is 0 Å². The van der Waals surface area contributed by atoms with Crippen molar-refractivity contribution in [3.05, 3.63) is 90.2 Å². The number of nitrogens with two attached hydrogens (primary N) is 2. The van der Waals surface area contributed by atoms with Crippen LogP contribution in [0, 0.1) is 5.82 Å². The maximum atomic E-state index is 15.0. The number of amides is 1. The van der Waals surface area contributed by atoms with Crippen LogP contribution in [-0.4, -0.2) is 40.0 Å². The van der Waals surface area contributed by atoms with Crippen LogP contribution in [0.1, 0.15) is 36.0 Å². The Bertz CT molecular complexity index is 1670. The molecule has 4 heterocycles. The molecule has 0 saturated carbocycles. The summed E-state index contributed by atoms with van der Waals surface area (Å²) in [7, 11) is 0. The Balaban J connectivity index is 1.36. The molecular weight excluding hydrogens is 505 g/mol. The Labute approximate surface area is 231 Å². The maximum absolute atomic E-state index is 15.0. The van der Waals surface area contributed by atoms with Gasteiger partial charge in [0.1, 0.15) is 11.5 Å². The molecular formula is C31H30FN7O. The number of carbonyl (C=O) groups is 1. The van der Waals surface area contributed by atoms with E-state index in [0.29, 0.717) is 28.3 Å². The first kappa shape index (κ1) is 25.6. The number of rotatable bonds is 5. The number of aromatic nitrogens is 3. The Morgan fingerprint density at radius 2 is 1.98 bits per heavy atom. The third-order valence-electron chi connectivity index (χ3n) is 7.33. The van der Waals surface area contributed by atoms with Gasteiger partial charge in [-0.2, -0.15) is 0 Å². The lowest BCUT2D eigenvalue weighted by Gasteiger charge is -2.33. The predicted octanol–water partition coefficient (Wildman–Crippen LogP) is 4.97. The zero-order chi connectivity index (χ0) is 27.6. The lowest BCUT2D eigenvalue weighted by atomic mass is 10.0. The van der Waals surface area contributed by atoms with Crippen LogP contribution in [0.25, 0.3) is 33.5 Å². The van der Waals surface area contributed by atoms with Gasteiger partial charge in [-0.15, -0.1) is 0 Å². The Morgan fingerprint density at radius 3 is 2.80 bits per heavy atom. The molecule has 8 nitrogen and oxygen atoms in total. The summed E-state index contributed by atoms with van der Waals surface area (Å²) in [4.78, 5) is 29.0. The van der Waals surface area contributed by atoms with E-state index in [1.807, 2.05) is 30.4 Å². The summed E-state index contributed by atoms with van der Waals surface area (Å²) in [6, 6.07) is 11.6. The van der Waals surface area contributed by atoms with E-state index in [4.69, 9.17) is 16.5 Å². The second-order valence-corrected chi connectivity index (χ2v) is 10.2. The highest BCUT2D eigenvalue weighted by molar-refractivity contribution is 5.97. The second kappa shape index (κ2) is 10.9. The molecule has 1 saturated heterocycles. The number of pyridine rings is 3. The van der Waals surface area contributed by atoms with Gasteiger partial charge in [-0.05, 0) is 74.2 Å². The molecule has 1 aromatic carbocycles. The summed E-state index contributed by atoms with van der Waals surface area (Å²) in [5.41, 5.74) is 17.4. The summed E-state index contributed by atoms with van der Waals surface area (Å²) in [6.45, 7) is 1.68. The van der Waals surface area contributed by atoms with Crippen molar-refractivity contribution in [2.75, 3.05) is 23.7 Å². The van der Waals surface area contributed by atoms with Crippen LogP contribution in [0.5, 0.6) is 0 Å². The number of nitrogens with one attached hydrogen (secondary N) is 1. The minimum absolute atomic E-state index is 0.121. The number of nitrogens with zero attached hydrogens (tertiary/aromatic N) is 4. The molecule has 1 amide bonds. The molecule has 3 aromatic heterocycles. The number of hydrogen-bond donors (Lipinski definition) is 3. The SMILES string of the molecule is Nc1ccc(-c2cc(C(=O)NC3=CCCC=C3)ccc2F)nc1-c1cc2c(N3CCC[C@H](N)C3)ccnc2cn1. The van der Waals surface area contributed by atoms with E-state index in [2.05, 4.69) is 20.2 Å². The van der Waals surface area contributed by atoms with Crippen LogP contribution in [-0.2, 0) is 0 Å². The van der Waals surface area contributed by atoms with Gasteiger partial charge < -0.3 is 21.7 Å². The van der Waals surface area contributed by atoms with Gasteiger partial charge >= 0.3 is 0 Å². The predicted molar refractivity (Wildman–Crippen MR) is 156 cm³/mol. The largest absolute Gasteiger partial charge is 0.397 e. The highest BCUT2D eigenvalue weighted by Crippen LogP contribution is 2.33. The minimum atomic E-state index is -0.490. The lowest BCUT2D eigenvalue weighted by molar-refractivity contribution is 0.0967. The molecule has 1 atom stereocenters. The highest BCUT2D eigenvalue weighted by atomic mass is 19.1. The standard InChI is InChI=1S/C31H30FN7O/c32-24-9-8-19(31(40)37-21-6-2-1-3-7-21)15-22(24)26-11-10-25(34)30(38-26)27-16-23-28(17-36-27)35-13-12-29(23)39-14-4-5-20(33)18-39/h2,6-13,15-17,20H,1,3-5,14,18,33-34H2,(H,37,40)/t20-/m0/s1. The third-order valence-corrected chi connectivity index (χ3v) is 7.33. The molecule has 4 aromatic rings. The van der Waals surface area contributed by atoms with E-state index in [1.165, 1.54) is 18.2 Å². The van der Waals surface area contributed by atoms with Crippen molar-refractivity contribution in [1.82, 2.24) is 20.3 Å². The van der Waals surface area contributed by atoms with Crippen LogP contribution in [0.15, 0.2) is 78.8 Å². The quantitative estimate of drug-likeness (QED) is 0.330. The van der Waals surface area contributed by atoms with Crippen LogP contribution < -0.4 is 21.7 Å². The molecule has 6 rings (SSSR count). The van der Waals surface area contributed by atoms with Crippen molar-refractivity contribution in [3.8, 4) is 22.6 Å². The molecule has 0 unspecified atom stereocenters. The number of fused-ring (bicyclic) bond motifs is 1. The molecule has 40 heavy (non-hydrogen) atoms. The van der Waals surface area contributed by atoms with Gasteiger partial charge in [-0.1, -0.05) is 12.2 Å². The van der Waals surface area contributed by atoms with Crippen LogP contribution in [0.2, 0.25) is 0 Å². The highest BCUT2D eigenvalue weighted by Gasteiger charge is 2.20. The number of hydrogen-bond acceptors (Lipinski definition) is 7. The third kappa shape index (κ3) is 5.15. The van der Waals surface area contributed by atoms with Gasteiger partial charge in [0, 0.05) is 53.2 Å². The normalized spacial score (nSPS) is 17.1. The summed E-state index contributed by atoms with van der Waals surface area (Å²) >= 11 is 0. The van der Waals surface area contributed by atoms with Gasteiger partial charge in [0.25, 0.3) is 5.91 Å². The van der Waals surface area contributed by atoms with Gasteiger partial charge in [-0.3, -0.25) is 14.8 Å². The smallest absolute Gasteiger partial charge is 0.255 e. The average molecular weight is 536 g/mol. The fourth-order valence-electron chi connectivity index (χ4n) is 5.27. The molecule has 0 spiro atoms. The summed E-state index contributed by atoms with van der Waals surface area (Å²) < 4.78 is 15.0. The van der Waals surface area contributed by atoms with E-state index >= 15 is 4.39 Å². The van der Waals surface area contributed by atoms with Crippen molar-refractivity contribution < 1.29 is 9.18 Å². The maximum Gasteiger partial charge on any atom is 0.255 e. The first-order valence-electron chi connectivity index (χ1n) is 13.5. The molecule has 0 bridgehead atoms. The minimum Gasteiger partial charge on any atom is -0.397 e. The second-order valence-electron chi connectivity index (χ2n) is 10.2. The van der Waals surface area contributed by atoms with Crippen molar-refractivity contribution in [2.45, 2.75) is 31.7 Å². The van der Waals surface area contributed by atoms with Crippen molar-refractivity contribution >= 4 is 28.2 Å². The number of halogens is 1. The number of anilines is 2. The number of nitrogen functional groups attached to an aromatic ring is 1. The molecule has 1 aliphatic heterocycles. The molecule has 5 N–H and O–H groups in total. The first-order valence-corrected chi connectivity index (χ1v) is 13.5. The van der Waals surface area contributed by atoms with E-state index in [9.17, 15) is 4.79 Å². The zero-order valence-corrected chi connectivity index (χ0v) is 22.0. The average Bonchev–Trinajstić information content (AvgIpc) is 2.97. The van der Waals surface area contributed by atoms with Crippen molar-refractivity contribution in [1.29, 1.82) is 0 Å². The number of piperidine rings is 1. The van der Waals surface area contributed by atoms with Gasteiger partial charge in [0.15, 0.2) is 0 Å². The van der Waals surface area contributed by atoms with Crippen molar-refractivity contribution in [2.24, 2.45) is 5.73 Å². The first-order chi connectivity index (χ1) is 19.5. The Hall–Kier alpha value is -4.63. The Kier molecular flexibility index (Phi) is 6.96. The number of carbonyl (C=O) groups excluding carboxylic acids is 1. The molecule has 202 valence electrons. The van der Waals surface area contributed by atoms with E-state index in [0.717, 1.165) is 61.1 Å². The fraction of sp³-hybridized carbons (Fsp3) is 0.226. The monoisotopic (exact) mass is 535 g/mol. The van der Waals surface area contributed by atoms with E-state index < -0.39 is 5.82 Å². The lowest BCUT2D eigenvalue weighted by Crippen LogP contribution is -2.42. The molecule has 2 aliphatic rings. The Morgan fingerprint density at radius 1 is 1.07 bits per heavy atom.